The van der Waals surface area contributed by atoms with E-state index in [4.69, 9.17) is 5.11 Å². The zero-order chi connectivity index (χ0) is 15.6. The van der Waals surface area contributed by atoms with Gasteiger partial charge in [0.25, 0.3) is 0 Å². The lowest BCUT2D eigenvalue weighted by molar-refractivity contribution is -0.116. The molecule has 6 nitrogen and oxygen atoms in total. The fraction of sp³-hybridized carbons (Fsp3) is 0.154. The average Bonchev–Trinajstić information content (AvgIpc) is 2.70. The summed E-state index contributed by atoms with van der Waals surface area (Å²) in [4.78, 5) is 34.1. The summed E-state index contributed by atoms with van der Waals surface area (Å²) in [7, 11) is 0. The minimum Gasteiger partial charge on any atom is -0.478 e. The molecule has 0 bridgehead atoms. The molecular formula is C13H11FN2O4S. The second-order valence-corrected chi connectivity index (χ2v) is 5.09. The fourth-order valence-electron chi connectivity index (χ4n) is 1.74. The number of carboxylic acid groups (broad SMARTS) is 1. The van der Waals surface area contributed by atoms with Crippen LogP contribution in [0.25, 0.3) is 0 Å². The molecule has 0 aliphatic rings. The van der Waals surface area contributed by atoms with Gasteiger partial charge >= 0.3 is 10.8 Å². The molecule has 0 spiro atoms. The van der Waals surface area contributed by atoms with Crippen molar-refractivity contribution in [3.8, 4) is 0 Å². The number of amides is 1. The molecule has 21 heavy (non-hydrogen) atoms. The highest BCUT2D eigenvalue weighted by Crippen LogP contribution is 2.17. The first kappa shape index (κ1) is 14.9. The number of anilines is 1. The van der Waals surface area contributed by atoms with Crippen LogP contribution in [-0.2, 0) is 11.3 Å². The van der Waals surface area contributed by atoms with Gasteiger partial charge in [0.15, 0.2) is 0 Å². The summed E-state index contributed by atoms with van der Waals surface area (Å²) in [5.74, 6) is -2.56. The third-order valence-electron chi connectivity index (χ3n) is 2.76. The zero-order valence-electron chi connectivity index (χ0n) is 10.9. The Kier molecular flexibility index (Phi) is 4.18. The molecule has 0 atom stereocenters. The number of carboxylic acids is 1. The molecule has 8 heteroatoms. The number of carbonyl (C=O) groups excluding carboxylic acids is 1. The molecule has 0 fully saturated rings. The van der Waals surface area contributed by atoms with E-state index in [0.717, 1.165) is 29.5 Å². The lowest BCUT2D eigenvalue weighted by Gasteiger charge is -2.09. The number of aryl methyl sites for hydroxylation is 1. The number of hydrogen-bond acceptors (Lipinski definition) is 4. The van der Waals surface area contributed by atoms with Crippen molar-refractivity contribution in [2.75, 3.05) is 5.32 Å². The van der Waals surface area contributed by atoms with E-state index in [1.165, 1.54) is 4.57 Å². The van der Waals surface area contributed by atoms with Crippen LogP contribution in [0.3, 0.4) is 0 Å². The largest absolute Gasteiger partial charge is 0.478 e. The first-order chi connectivity index (χ1) is 9.88. The predicted molar refractivity (Wildman–Crippen MR) is 75.3 cm³/mol. The van der Waals surface area contributed by atoms with Gasteiger partial charge in [-0.15, -0.1) is 0 Å². The number of nitrogens with zero attached hydrogens (tertiary/aromatic N) is 1. The van der Waals surface area contributed by atoms with Gasteiger partial charge in [-0.25, -0.2) is 9.18 Å². The van der Waals surface area contributed by atoms with E-state index in [-0.39, 0.29) is 22.7 Å². The molecule has 0 aliphatic heterocycles. The standard InChI is InChI=1S/C13H11FN2O4S/c1-7-6-21-13(20)16(7)5-11(17)15-10-4-8(14)2-3-9(10)12(18)19/h2-4,6H,5H2,1H3,(H,15,17)(H,18,19). The monoisotopic (exact) mass is 310 g/mol. The SMILES string of the molecule is Cc1csc(=O)n1CC(=O)Nc1cc(F)ccc1C(=O)O. The number of rotatable bonds is 4. The van der Waals surface area contributed by atoms with Crippen molar-refractivity contribution in [3.05, 3.63) is 50.3 Å². The molecule has 0 saturated carbocycles. The third kappa shape index (κ3) is 3.34. The van der Waals surface area contributed by atoms with Crippen LogP contribution < -0.4 is 10.2 Å². The smallest absolute Gasteiger partial charge is 0.337 e. The lowest BCUT2D eigenvalue weighted by Crippen LogP contribution is -2.25. The third-order valence-corrected chi connectivity index (χ3v) is 3.65. The quantitative estimate of drug-likeness (QED) is 0.899. The van der Waals surface area contributed by atoms with Crippen molar-refractivity contribution in [2.45, 2.75) is 13.5 Å². The van der Waals surface area contributed by atoms with Gasteiger partial charge in [-0.1, -0.05) is 11.3 Å². The number of thiazole rings is 1. The summed E-state index contributed by atoms with van der Waals surface area (Å²) >= 11 is 0.963. The highest BCUT2D eigenvalue weighted by Gasteiger charge is 2.15. The number of hydrogen-bond donors (Lipinski definition) is 2. The van der Waals surface area contributed by atoms with Gasteiger partial charge in [0.2, 0.25) is 5.91 Å². The minimum absolute atomic E-state index is 0.145. The Balaban J connectivity index is 2.22. The van der Waals surface area contributed by atoms with Crippen LogP contribution in [0.2, 0.25) is 0 Å². The van der Waals surface area contributed by atoms with E-state index >= 15 is 0 Å². The van der Waals surface area contributed by atoms with E-state index in [0.29, 0.717) is 5.69 Å². The average molecular weight is 310 g/mol. The van der Waals surface area contributed by atoms with Crippen molar-refractivity contribution >= 4 is 28.9 Å². The molecule has 2 N–H and O–H groups in total. The topological polar surface area (TPSA) is 88.4 Å². The van der Waals surface area contributed by atoms with E-state index in [2.05, 4.69) is 5.32 Å². The van der Waals surface area contributed by atoms with Gasteiger partial charge in [-0.05, 0) is 25.1 Å². The van der Waals surface area contributed by atoms with E-state index in [1.807, 2.05) is 0 Å². The maximum absolute atomic E-state index is 13.2. The van der Waals surface area contributed by atoms with E-state index in [1.54, 1.807) is 12.3 Å². The first-order valence-electron chi connectivity index (χ1n) is 5.86. The van der Waals surface area contributed by atoms with Gasteiger partial charge in [0.05, 0.1) is 11.3 Å². The normalized spacial score (nSPS) is 10.4. The Bertz CT molecular complexity index is 766. The maximum Gasteiger partial charge on any atom is 0.337 e. The number of halogens is 1. The molecular weight excluding hydrogens is 299 g/mol. The molecule has 1 heterocycles. The van der Waals surface area contributed by atoms with Crippen LogP contribution in [-0.4, -0.2) is 21.6 Å². The lowest BCUT2D eigenvalue weighted by atomic mass is 10.1. The highest BCUT2D eigenvalue weighted by atomic mass is 32.1. The molecule has 2 aromatic rings. The Hall–Kier alpha value is -2.48. The molecule has 0 aliphatic carbocycles. The Morgan fingerprint density at radius 1 is 1.43 bits per heavy atom. The number of carbonyl (C=O) groups is 2. The zero-order valence-corrected chi connectivity index (χ0v) is 11.7. The van der Waals surface area contributed by atoms with Crippen LogP contribution in [0.1, 0.15) is 16.1 Å². The van der Waals surface area contributed by atoms with Gasteiger partial charge in [0, 0.05) is 11.1 Å². The van der Waals surface area contributed by atoms with E-state index in [9.17, 15) is 18.8 Å². The van der Waals surface area contributed by atoms with Crippen molar-refractivity contribution in [1.29, 1.82) is 0 Å². The number of nitrogens with one attached hydrogen (secondary N) is 1. The summed E-state index contributed by atoms with van der Waals surface area (Å²) in [6.45, 7) is 1.42. The Morgan fingerprint density at radius 2 is 2.14 bits per heavy atom. The van der Waals surface area contributed by atoms with Crippen molar-refractivity contribution < 1.29 is 19.1 Å². The number of aromatic nitrogens is 1. The predicted octanol–water partition coefficient (Wildman–Crippen LogP) is 1.69. The summed E-state index contributed by atoms with van der Waals surface area (Å²) in [6, 6.07) is 2.98. The Labute approximate surface area is 122 Å². The first-order valence-corrected chi connectivity index (χ1v) is 6.74. The van der Waals surface area contributed by atoms with E-state index < -0.39 is 17.7 Å². The van der Waals surface area contributed by atoms with Gasteiger partial charge < -0.3 is 10.4 Å². The maximum atomic E-state index is 13.2. The van der Waals surface area contributed by atoms with Crippen molar-refractivity contribution in [1.82, 2.24) is 4.57 Å². The summed E-state index contributed by atoms with van der Waals surface area (Å²) < 4.78 is 14.4. The molecule has 0 unspecified atom stereocenters. The number of benzene rings is 1. The summed E-state index contributed by atoms with van der Waals surface area (Å²) in [5.41, 5.74) is 0.255. The van der Waals surface area contributed by atoms with Crippen molar-refractivity contribution in [3.63, 3.8) is 0 Å². The van der Waals surface area contributed by atoms with Gasteiger partial charge in [-0.3, -0.25) is 14.2 Å². The summed E-state index contributed by atoms with van der Waals surface area (Å²) in [5, 5.41) is 12.9. The summed E-state index contributed by atoms with van der Waals surface area (Å²) in [6.07, 6.45) is 0. The molecule has 0 radical (unpaired) electrons. The molecule has 110 valence electrons. The molecule has 1 aromatic heterocycles. The van der Waals surface area contributed by atoms with Crippen LogP contribution in [0.15, 0.2) is 28.4 Å². The second-order valence-electron chi connectivity index (χ2n) is 4.27. The molecule has 2 rings (SSSR count). The van der Waals surface area contributed by atoms with Gasteiger partial charge in [-0.2, -0.15) is 0 Å². The van der Waals surface area contributed by atoms with Crippen LogP contribution in [0.4, 0.5) is 10.1 Å². The van der Waals surface area contributed by atoms with Crippen LogP contribution in [0, 0.1) is 12.7 Å². The molecule has 1 amide bonds. The minimum atomic E-state index is -1.28. The second kappa shape index (κ2) is 5.88. The van der Waals surface area contributed by atoms with Crippen LogP contribution in [0.5, 0.6) is 0 Å². The molecule has 0 saturated heterocycles. The van der Waals surface area contributed by atoms with Gasteiger partial charge in [0.1, 0.15) is 12.4 Å². The van der Waals surface area contributed by atoms with Crippen LogP contribution >= 0.6 is 11.3 Å². The highest BCUT2D eigenvalue weighted by molar-refractivity contribution is 7.07. The van der Waals surface area contributed by atoms with Crippen molar-refractivity contribution in [2.24, 2.45) is 0 Å². The fourth-order valence-corrected chi connectivity index (χ4v) is 2.47. The Morgan fingerprint density at radius 3 is 2.71 bits per heavy atom. The molecule has 1 aromatic carbocycles. The number of aromatic carboxylic acids is 1.